The lowest BCUT2D eigenvalue weighted by Gasteiger charge is -2.15. The van der Waals surface area contributed by atoms with E-state index in [1.165, 1.54) is 0 Å². The van der Waals surface area contributed by atoms with Crippen LogP contribution in [0.25, 0.3) is 22.2 Å². The SMILES string of the molecule is O=C[C@H](CCCCNC(=O)OCc1ccncc1)NC(=O)c1cc(-c2ccccc2)nc2ccccc12. The van der Waals surface area contributed by atoms with Gasteiger partial charge in [0, 0.05) is 29.9 Å². The van der Waals surface area contributed by atoms with E-state index < -0.39 is 12.1 Å². The summed E-state index contributed by atoms with van der Waals surface area (Å²) in [4.78, 5) is 45.4. The van der Waals surface area contributed by atoms with Gasteiger partial charge in [-0.05, 0) is 49.1 Å². The van der Waals surface area contributed by atoms with Crippen LogP contribution in [-0.4, -0.2) is 40.8 Å². The minimum absolute atomic E-state index is 0.170. The number of aldehydes is 1. The molecule has 0 aliphatic heterocycles. The Morgan fingerprint density at radius 1 is 0.946 bits per heavy atom. The summed E-state index contributed by atoms with van der Waals surface area (Å²) in [5.74, 6) is -0.328. The summed E-state index contributed by atoms with van der Waals surface area (Å²) in [6, 6.07) is 21.8. The third-order valence-corrected chi connectivity index (χ3v) is 5.84. The fourth-order valence-corrected chi connectivity index (χ4v) is 3.90. The van der Waals surface area contributed by atoms with Gasteiger partial charge < -0.3 is 20.2 Å². The third kappa shape index (κ3) is 7.20. The number of aromatic nitrogens is 2. The lowest BCUT2D eigenvalue weighted by atomic mass is 10.0. The maximum Gasteiger partial charge on any atom is 0.407 e. The molecule has 2 aromatic carbocycles. The number of ether oxygens (including phenoxy) is 1. The van der Waals surface area contributed by atoms with E-state index in [1.54, 1.807) is 30.6 Å². The Morgan fingerprint density at radius 3 is 2.49 bits per heavy atom. The van der Waals surface area contributed by atoms with Crippen LogP contribution in [0.3, 0.4) is 0 Å². The van der Waals surface area contributed by atoms with Gasteiger partial charge in [-0.3, -0.25) is 9.78 Å². The number of hydrogen-bond acceptors (Lipinski definition) is 6. The number of benzene rings is 2. The molecule has 2 amide bonds. The zero-order valence-electron chi connectivity index (χ0n) is 20.3. The van der Waals surface area contributed by atoms with Crippen molar-refractivity contribution in [2.24, 2.45) is 0 Å². The lowest BCUT2D eigenvalue weighted by molar-refractivity contribution is -0.109. The van der Waals surface area contributed by atoms with Crippen molar-refractivity contribution >= 4 is 29.2 Å². The Labute approximate surface area is 215 Å². The highest BCUT2D eigenvalue weighted by atomic mass is 16.5. The Kier molecular flexibility index (Phi) is 8.91. The van der Waals surface area contributed by atoms with Gasteiger partial charge in [0.15, 0.2) is 0 Å². The number of amides is 2. The Hall–Kier alpha value is -4.59. The average molecular weight is 497 g/mol. The van der Waals surface area contributed by atoms with Gasteiger partial charge in [0.05, 0.1) is 22.8 Å². The summed E-state index contributed by atoms with van der Waals surface area (Å²) in [6.45, 7) is 0.577. The summed E-state index contributed by atoms with van der Waals surface area (Å²) in [6.07, 6.45) is 5.25. The standard InChI is InChI=1S/C29H28N4O4/c34-19-23(10-6-7-15-31-29(36)37-20-21-13-16-30-17-14-21)32-28(35)25-18-27(22-8-2-1-3-9-22)33-26-12-5-4-11-24(25)26/h1-5,8-9,11-14,16-19,23H,6-7,10,15,20H2,(H,31,36)(H,32,35)/t23-/m0/s1. The van der Waals surface area contributed by atoms with E-state index in [9.17, 15) is 14.4 Å². The fourth-order valence-electron chi connectivity index (χ4n) is 3.90. The molecule has 0 bridgehead atoms. The van der Waals surface area contributed by atoms with E-state index >= 15 is 0 Å². The first kappa shape index (κ1) is 25.5. The maximum absolute atomic E-state index is 13.2. The van der Waals surface area contributed by atoms with Crippen molar-refractivity contribution in [1.82, 2.24) is 20.6 Å². The predicted molar refractivity (Wildman–Crippen MR) is 141 cm³/mol. The lowest BCUT2D eigenvalue weighted by Crippen LogP contribution is -2.36. The number of hydrogen-bond donors (Lipinski definition) is 2. The second kappa shape index (κ2) is 12.9. The van der Waals surface area contributed by atoms with Crippen LogP contribution in [0.5, 0.6) is 0 Å². The number of rotatable bonds is 11. The number of carbonyl (C=O) groups is 3. The summed E-state index contributed by atoms with van der Waals surface area (Å²) in [5, 5.41) is 6.25. The molecule has 0 aliphatic rings. The van der Waals surface area contributed by atoms with E-state index in [2.05, 4.69) is 15.6 Å². The summed E-state index contributed by atoms with van der Waals surface area (Å²) in [5.41, 5.74) is 3.62. The van der Waals surface area contributed by atoms with Gasteiger partial charge in [0.25, 0.3) is 5.91 Å². The molecule has 0 saturated heterocycles. The predicted octanol–water partition coefficient (Wildman–Crippen LogP) is 4.69. The molecule has 0 radical (unpaired) electrons. The molecular weight excluding hydrogens is 468 g/mol. The first-order valence-corrected chi connectivity index (χ1v) is 12.1. The van der Waals surface area contributed by atoms with Gasteiger partial charge in [-0.25, -0.2) is 9.78 Å². The third-order valence-electron chi connectivity index (χ3n) is 5.84. The monoisotopic (exact) mass is 496 g/mol. The molecule has 188 valence electrons. The van der Waals surface area contributed by atoms with E-state index in [0.717, 1.165) is 22.8 Å². The number of alkyl carbamates (subject to hydrolysis) is 1. The molecule has 2 aromatic heterocycles. The minimum atomic E-state index is -0.641. The molecule has 2 N–H and O–H groups in total. The number of unbranched alkanes of at least 4 members (excludes halogenated alkanes) is 1. The van der Waals surface area contributed by atoms with Crippen LogP contribution in [-0.2, 0) is 16.1 Å². The summed E-state index contributed by atoms with van der Waals surface area (Å²) >= 11 is 0. The molecule has 1 atom stereocenters. The van der Waals surface area contributed by atoms with Crippen molar-refractivity contribution in [3.8, 4) is 11.3 Å². The number of nitrogens with zero attached hydrogens (tertiary/aromatic N) is 2. The molecule has 0 spiro atoms. The molecule has 37 heavy (non-hydrogen) atoms. The molecule has 4 rings (SSSR count). The Bertz CT molecular complexity index is 1350. The molecular formula is C29H28N4O4. The van der Waals surface area contributed by atoms with Gasteiger partial charge >= 0.3 is 6.09 Å². The normalized spacial score (nSPS) is 11.5. The largest absolute Gasteiger partial charge is 0.445 e. The van der Waals surface area contributed by atoms with Crippen LogP contribution in [0.1, 0.15) is 35.2 Å². The molecule has 0 aliphatic carbocycles. The van der Waals surface area contributed by atoms with Crippen LogP contribution in [0.4, 0.5) is 4.79 Å². The van der Waals surface area contributed by atoms with Crippen LogP contribution < -0.4 is 10.6 Å². The first-order chi connectivity index (χ1) is 18.1. The number of carbonyl (C=O) groups excluding carboxylic acids is 3. The summed E-state index contributed by atoms with van der Waals surface area (Å²) in [7, 11) is 0. The second-order valence-corrected chi connectivity index (χ2v) is 8.51. The number of para-hydroxylation sites is 1. The quantitative estimate of drug-likeness (QED) is 0.230. The van der Waals surface area contributed by atoms with Gasteiger partial charge in [-0.2, -0.15) is 0 Å². The minimum Gasteiger partial charge on any atom is -0.445 e. The van der Waals surface area contributed by atoms with E-state index in [4.69, 9.17) is 9.72 Å². The number of fused-ring (bicyclic) bond motifs is 1. The molecule has 0 unspecified atom stereocenters. The van der Waals surface area contributed by atoms with Crippen molar-refractivity contribution in [3.05, 3.63) is 96.3 Å². The van der Waals surface area contributed by atoms with E-state index in [1.807, 2.05) is 54.6 Å². The van der Waals surface area contributed by atoms with Crippen molar-refractivity contribution in [2.75, 3.05) is 6.54 Å². The molecule has 4 aromatic rings. The van der Waals surface area contributed by atoms with Crippen molar-refractivity contribution < 1.29 is 19.1 Å². The van der Waals surface area contributed by atoms with Gasteiger partial charge in [0.2, 0.25) is 0 Å². The van der Waals surface area contributed by atoms with Crippen molar-refractivity contribution in [2.45, 2.75) is 31.9 Å². The van der Waals surface area contributed by atoms with Gasteiger partial charge in [0.1, 0.15) is 12.9 Å². The Balaban J connectivity index is 1.29. The highest BCUT2D eigenvalue weighted by Crippen LogP contribution is 2.25. The molecule has 0 fully saturated rings. The van der Waals surface area contributed by atoms with Gasteiger partial charge in [-0.1, -0.05) is 48.5 Å². The zero-order chi connectivity index (χ0) is 25.9. The molecule has 2 heterocycles. The fraction of sp³-hybridized carbons (Fsp3) is 0.207. The van der Waals surface area contributed by atoms with Crippen LogP contribution in [0.2, 0.25) is 0 Å². The topological polar surface area (TPSA) is 110 Å². The van der Waals surface area contributed by atoms with E-state index in [-0.39, 0.29) is 12.5 Å². The van der Waals surface area contributed by atoms with Gasteiger partial charge in [-0.15, -0.1) is 0 Å². The maximum atomic E-state index is 13.2. The molecule has 8 nitrogen and oxygen atoms in total. The van der Waals surface area contributed by atoms with Crippen LogP contribution in [0, 0.1) is 0 Å². The molecule has 0 saturated carbocycles. The highest BCUT2D eigenvalue weighted by Gasteiger charge is 2.17. The van der Waals surface area contributed by atoms with Crippen LogP contribution in [0.15, 0.2) is 85.2 Å². The first-order valence-electron chi connectivity index (χ1n) is 12.1. The smallest absolute Gasteiger partial charge is 0.407 e. The Morgan fingerprint density at radius 2 is 1.70 bits per heavy atom. The average Bonchev–Trinajstić information content (AvgIpc) is 2.95. The second-order valence-electron chi connectivity index (χ2n) is 8.51. The van der Waals surface area contributed by atoms with Crippen molar-refractivity contribution in [1.29, 1.82) is 0 Å². The van der Waals surface area contributed by atoms with Crippen molar-refractivity contribution in [3.63, 3.8) is 0 Å². The zero-order valence-corrected chi connectivity index (χ0v) is 20.3. The molecule has 8 heteroatoms. The number of pyridine rings is 2. The highest BCUT2D eigenvalue weighted by molar-refractivity contribution is 6.07. The summed E-state index contributed by atoms with van der Waals surface area (Å²) < 4.78 is 5.16. The van der Waals surface area contributed by atoms with Crippen LogP contribution >= 0.6 is 0 Å². The van der Waals surface area contributed by atoms with E-state index in [0.29, 0.717) is 42.6 Å². The number of nitrogens with one attached hydrogen (secondary N) is 2.